The zero-order valence-corrected chi connectivity index (χ0v) is 9.56. The zero-order chi connectivity index (χ0) is 11.6. The molecule has 0 saturated carbocycles. The Balaban J connectivity index is 0.000000160. The number of benzene rings is 2. The van der Waals surface area contributed by atoms with E-state index >= 15 is 0 Å². The van der Waals surface area contributed by atoms with E-state index in [4.69, 9.17) is 6.42 Å². The van der Waals surface area contributed by atoms with Crippen molar-refractivity contribution in [3.8, 4) is 12.3 Å². The molecule has 2 rings (SSSR count). The van der Waals surface area contributed by atoms with Crippen molar-refractivity contribution in [3.63, 3.8) is 0 Å². The number of hydrogen-bond acceptors (Lipinski definition) is 0. The van der Waals surface area contributed by atoms with Crippen molar-refractivity contribution < 1.29 is 0 Å². The van der Waals surface area contributed by atoms with Gasteiger partial charge in [0.25, 0.3) is 0 Å². The van der Waals surface area contributed by atoms with Crippen molar-refractivity contribution in [3.05, 3.63) is 71.8 Å². The summed E-state index contributed by atoms with van der Waals surface area (Å²) in [6, 6.07) is 20.1. The van der Waals surface area contributed by atoms with Gasteiger partial charge in [0.1, 0.15) is 0 Å². The molecule has 0 radical (unpaired) electrons. The Morgan fingerprint density at radius 1 is 0.875 bits per heavy atom. The Labute approximate surface area is 98.0 Å². The summed E-state index contributed by atoms with van der Waals surface area (Å²) in [5.41, 5.74) is 2.35. The fourth-order valence-corrected chi connectivity index (χ4v) is 1.25. The van der Waals surface area contributed by atoms with Gasteiger partial charge in [-0.3, -0.25) is 0 Å². The lowest BCUT2D eigenvalue weighted by molar-refractivity contribution is 1.14. The predicted octanol–water partition coefficient (Wildman–Crippen LogP) is 3.92. The summed E-state index contributed by atoms with van der Waals surface area (Å²) in [5.74, 6) is 2.53. The summed E-state index contributed by atoms with van der Waals surface area (Å²) < 4.78 is 0. The van der Waals surface area contributed by atoms with Crippen molar-refractivity contribution in [2.75, 3.05) is 0 Å². The van der Waals surface area contributed by atoms with Crippen LogP contribution in [-0.4, -0.2) is 0 Å². The summed E-state index contributed by atoms with van der Waals surface area (Å²) in [4.78, 5) is 0. The van der Waals surface area contributed by atoms with E-state index < -0.39 is 0 Å². The van der Waals surface area contributed by atoms with Gasteiger partial charge in [-0.25, -0.2) is 0 Å². The van der Waals surface area contributed by atoms with Gasteiger partial charge in [0.2, 0.25) is 0 Å². The highest BCUT2D eigenvalue weighted by Crippen LogP contribution is 1.96. The summed E-state index contributed by atoms with van der Waals surface area (Å²) in [7, 11) is 0. The molecule has 0 atom stereocenters. The predicted molar refractivity (Wildman–Crippen MR) is 70.2 cm³/mol. The van der Waals surface area contributed by atoms with Crippen LogP contribution in [0.4, 0.5) is 0 Å². The van der Waals surface area contributed by atoms with Crippen molar-refractivity contribution in [1.82, 2.24) is 0 Å². The molecule has 0 saturated heterocycles. The molecule has 0 nitrogen and oxygen atoms in total. The van der Waals surface area contributed by atoms with Crippen LogP contribution in [0.3, 0.4) is 0 Å². The first-order valence-electron chi connectivity index (χ1n) is 5.42. The zero-order valence-electron chi connectivity index (χ0n) is 9.56. The maximum Gasteiger partial charge on any atom is 0.0242 e. The van der Waals surface area contributed by atoms with Crippen LogP contribution in [0.2, 0.25) is 0 Å². The summed E-state index contributed by atoms with van der Waals surface area (Å²) in [5, 5.41) is 0. The van der Waals surface area contributed by atoms with Crippen LogP contribution in [0, 0.1) is 12.3 Å². The molecule has 0 fully saturated rings. The van der Waals surface area contributed by atoms with Crippen molar-refractivity contribution >= 4 is 0 Å². The van der Waals surface area contributed by atoms with Gasteiger partial charge in [-0.1, -0.05) is 61.4 Å². The van der Waals surface area contributed by atoms with Gasteiger partial charge < -0.3 is 0 Å². The third-order valence-corrected chi connectivity index (χ3v) is 2.19. The SMILES string of the molecule is C#Cc1ccccc1.CCc1ccccc1. The average molecular weight is 208 g/mol. The minimum absolute atomic E-state index is 0.938. The summed E-state index contributed by atoms with van der Waals surface area (Å²) in [6.45, 7) is 2.16. The molecule has 0 bridgehead atoms. The van der Waals surface area contributed by atoms with Crippen molar-refractivity contribution in [2.24, 2.45) is 0 Å². The van der Waals surface area contributed by atoms with Crippen LogP contribution in [0.15, 0.2) is 60.7 Å². The highest BCUT2D eigenvalue weighted by molar-refractivity contribution is 5.30. The van der Waals surface area contributed by atoms with Crippen LogP contribution in [0.5, 0.6) is 0 Å². The number of rotatable bonds is 1. The third-order valence-electron chi connectivity index (χ3n) is 2.19. The first kappa shape index (κ1) is 12.1. The quantitative estimate of drug-likeness (QED) is 0.623. The largest absolute Gasteiger partial charge is 0.115 e. The minimum Gasteiger partial charge on any atom is -0.115 e. The monoisotopic (exact) mass is 208 g/mol. The Kier molecular flexibility index (Phi) is 5.52. The molecule has 0 aliphatic rings. The Morgan fingerprint density at radius 3 is 1.69 bits per heavy atom. The standard InChI is InChI=1S/C8H10.C8H6/c2*1-2-8-6-4-3-5-7-8/h3-7H,2H2,1H3;1,3-7H. The molecular weight excluding hydrogens is 192 g/mol. The second kappa shape index (κ2) is 7.31. The van der Waals surface area contributed by atoms with Gasteiger partial charge in [-0.05, 0) is 24.1 Å². The maximum absolute atomic E-state index is 5.10. The first-order chi connectivity index (χ1) is 7.86. The molecule has 0 amide bonds. The van der Waals surface area contributed by atoms with Gasteiger partial charge in [-0.15, -0.1) is 6.42 Å². The molecule has 0 unspecified atom stereocenters. The van der Waals surface area contributed by atoms with Crippen molar-refractivity contribution in [2.45, 2.75) is 13.3 Å². The summed E-state index contributed by atoms with van der Waals surface area (Å²) in [6.07, 6.45) is 6.24. The molecule has 0 spiro atoms. The van der Waals surface area contributed by atoms with Gasteiger partial charge in [0.15, 0.2) is 0 Å². The number of terminal acetylenes is 1. The van der Waals surface area contributed by atoms with Crippen LogP contribution in [-0.2, 0) is 6.42 Å². The normalized spacial score (nSPS) is 8.50. The fourth-order valence-electron chi connectivity index (χ4n) is 1.25. The lowest BCUT2D eigenvalue weighted by Gasteiger charge is -1.89. The molecule has 0 N–H and O–H groups in total. The van der Waals surface area contributed by atoms with Gasteiger partial charge in [-0.2, -0.15) is 0 Å². The van der Waals surface area contributed by atoms with Crippen LogP contribution < -0.4 is 0 Å². The van der Waals surface area contributed by atoms with Crippen LogP contribution >= 0.6 is 0 Å². The van der Waals surface area contributed by atoms with Crippen molar-refractivity contribution in [1.29, 1.82) is 0 Å². The maximum atomic E-state index is 5.10. The Morgan fingerprint density at radius 2 is 1.38 bits per heavy atom. The second-order valence-corrected chi connectivity index (χ2v) is 3.35. The number of aryl methyl sites for hydroxylation is 1. The Hall–Kier alpha value is -2.00. The fraction of sp³-hybridized carbons (Fsp3) is 0.125. The molecule has 0 aliphatic heterocycles. The molecule has 0 heterocycles. The van der Waals surface area contributed by atoms with Gasteiger partial charge in [0, 0.05) is 5.56 Å². The molecule has 0 aromatic heterocycles. The highest BCUT2D eigenvalue weighted by Gasteiger charge is 1.80. The van der Waals surface area contributed by atoms with E-state index in [1.54, 1.807) is 0 Å². The first-order valence-corrected chi connectivity index (χ1v) is 5.42. The van der Waals surface area contributed by atoms with E-state index in [9.17, 15) is 0 Å². The van der Waals surface area contributed by atoms with Crippen LogP contribution in [0.1, 0.15) is 18.1 Å². The van der Waals surface area contributed by atoms with E-state index in [-0.39, 0.29) is 0 Å². The van der Waals surface area contributed by atoms with E-state index in [1.165, 1.54) is 5.56 Å². The van der Waals surface area contributed by atoms with E-state index in [1.807, 2.05) is 36.4 Å². The topological polar surface area (TPSA) is 0 Å². The second-order valence-electron chi connectivity index (χ2n) is 3.35. The molecule has 2 aromatic rings. The van der Waals surface area contributed by atoms with E-state index in [0.717, 1.165) is 12.0 Å². The average Bonchev–Trinajstić information content (AvgIpc) is 2.41. The molecule has 0 heteroatoms. The van der Waals surface area contributed by atoms with Gasteiger partial charge >= 0.3 is 0 Å². The Bertz CT molecular complexity index is 421. The van der Waals surface area contributed by atoms with E-state index in [2.05, 4.69) is 37.1 Å². The highest BCUT2D eigenvalue weighted by atomic mass is 13.9. The van der Waals surface area contributed by atoms with Gasteiger partial charge in [0.05, 0.1) is 0 Å². The molecule has 80 valence electrons. The molecule has 0 aliphatic carbocycles. The lowest BCUT2D eigenvalue weighted by atomic mass is 10.2. The molecular formula is C16H16. The minimum atomic E-state index is 0.938. The smallest absolute Gasteiger partial charge is 0.0242 e. The molecule has 16 heavy (non-hydrogen) atoms. The van der Waals surface area contributed by atoms with E-state index in [0.29, 0.717) is 0 Å². The lowest BCUT2D eigenvalue weighted by Crippen LogP contribution is -1.73. The number of hydrogen-bond donors (Lipinski definition) is 0. The third kappa shape index (κ3) is 4.48. The summed E-state index contributed by atoms with van der Waals surface area (Å²) >= 11 is 0. The van der Waals surface area contributed by atoms with Crippen LogP contribution in [0.25, 0.3) is 0 Å². The molecule has 2 aromatic carbocycles.